The molecule has 1 aliphatic rings. The minimum absolute atomic E-state index is 0.117. The molecule has 2 N–H and O–H groups in total. The zero-order valence-electron chi connectivity index (χ0n) is 10.9. The maximum Gasteiger partial charge on any atom is 0.328 e. The Morgan fingerprint density at radius 2 is 2.05 bits per heavy atom. The average Bonchev–Trinajstić information content (AvgIpc) is 2.47. The Morgan fingerprint density at radius 3 is 2.60 bits per heavy atom. The highest BCUT2D eigenvalue weighted by atomic mass is 32.2. The molecular formula is C12H16N2O5S. The Morgan fingerprint density at radius 1 is 1.40 bits per heavy atom. The Kier molecular flexibility index (Phi) is 4.26. The summed E-state index contributed by atoms with van der Waals surface area (Å²) in [5.74, 6) is -0.961. The third-order valence-corrected chi connectivity index (χ3v) is 4.59. The molecule has 0 amide bonds. The van der Waals surface area contributed by atoms with Gasteiger partial charge >= 0.3 is 5.97 Å². The minimum Gasteiger partial charge on any atom is -0.480 e. The summed E-state index contributed by atoms with van der Waals surface area (Å²) >= 11 is 0. The van der Waals surface area contributed by atoms with Crippen LogP contribution in [0.25, 0.3) is 0 Å². The summed E-state index contributed by atoms with van der Waals surface area (Å²) in [7, 11) is -2.15. The van der Waals surface area contributed by atoms with Gasteiger partial charge in [0.25, 0.3) is 0 Å². The van der Waals surface area contributed by atoms with Gasteiger partial charge in [0.1, 0.15) is 0 Å². The van der Waals surface area contributed by atoms with Crippen LogP contribution in [-0.2, 0) is 19.6 Å². The van der Waals surface area contributed by atoms with Gasteiger partial charge in [-0.05, 0) is 31.3 Å². The number of ether oxygens (including phenoxy) is 1. The van der Waals surface area contributed by atoms with E-state index in [0.717, 1.165) is 0 Å². The maximum absolute atomic E-state index is 11.6. The van der Waals surface area contributed by atoms with Crippen LogP contribution >= 0.6 is 0 Å². The van der Waals surface area contributed by atoms with Crippen LogP contribution < -0.4 is 9.62 Å². The van der Waals surface area contributed by atoms with Gasteiger partial charge in [-0.15, -0.1) is 0 Å². The number of morpholine rings is 1. The number of anilines is 1. The van der Waals surface area contributed by atoms with E-state index in [1.807, 2.05) is 0 Å². The number of benzene rings is 1. The number of nitrogens with zero attached hydrogens (tertiary/aromatic N) is 1. The largest absolute Gasteiger partial charge is 0.480 e. The number of carboxylic acids is 1. The maximum atomic E-state index is 11.6. The third-order valence-electron chi connectivity index (χ3n) is 3.16. The fourth-order valence-electron chi connectivity index (χ4n) is 2.05. The summed E-state index contributed by atoms with van der Waals surface area (Å²) in [6.45, 7) is 1.02. The average molecular weight is 300 g/mol. The van der Waals surface area contributed by atoms with E-state index in [-0.39, 0.29) is 11.5 Å². The molecule has 2 rings (SSSR count). The van der Waals surface area contributed by atoms with Crippen molar-refractivity contribution < 1.29 is 23.1 Å². The number of carbonyl (C=O) groups is 1. The molecule has 0 aromatic heterocycles. The van der Waals surface area contributed by atoms with E-state index in [1.165, 1.54) is 19.2 Å². The van der Waals surface area contributed by atoms with Gasteiger partial charge in [-0.1, -0.05) is 0 Å². The number of sulfonamides is 1. The second-order valence-corrected chi connectivity index (χ2v) is 6.21. The highest BCUT2D eigenvalue weighted by Crippen LogP contribution is 2.22. The van der Waals surface area contributed by atoms with E-state index >= 15 is 0 Å². The number of aliphatic carboxylic acids is 1. The standard InChI is InChI=1S/C12H16N2O5S/c1-13-20(17,18)10-4-2-9(3-5-10)14-6-7-19-8-11(14)12(15)16/h2-5,11,13H,6-8H2,1H3,(H,15,16). The fraction of sp³-hybridized carbons (Fsp3) is 0.417. The molecule has 0 saturated carbocycles. The predicted octanol–water partition coefficient (Wildman–Crippen LogP) is -0.115. The Bertz CT molecular complexity index is 584. The van der Waals surface area contributed by atoms with Crippen molar-refractivity contribution in [3.63, 3.8) is 0 Å². The van der Waals surface area contributed by atoms with Crippen LogP contribution in [0, 0.1) is 0 Å². The molecular weight excluding hydrogens is 284 g/mol. The van der Waals surface area contributed by atoms with Crippen molar-refractivity contribution in [1.29, 1.82) is 0 Å². The SMILES string of the molecule is CNS(=O)(=O)c1ccc(N2CCOCC2C(=O)O)cc1. The molecule has 0 aliphatic carbocycles. The monoisotopic (exact) mass is 300 g/mol. The predicted molar refractivity (Wildman–Crippen MR) is 72.3 cm³/mol. The number of hydrogen-bond acceptors (Lipinski definition) is 5. The van der Waals surface area contributed by atoms with E-state index in [9.17, 15) is 13.2 Å². The molecule has 20 heavy (non-hydrogen) atoms. The molecule has 1 aromatic carbocycles. The van der Waals surface area contributed by atoms with Crippen molar-refractivity contribution in [3.8, 4) is 0 Å². The van der Waals surface area contributed by atoms with Gasteiger partial charge in [0.2, 0.25) is 10.0 Å². The fourth-order valence-corrected chi connectivity index (χ4v) is 2.78. The Hall–Kier alpha value is -1.64. The van der Waals surface area contributed by atoms with E-state index in [1.54, 1.807) is 17.0 Å². The van der Waals surface area contributed by atoms with Gasteiger partial charge in [-0.25, -0.2) is 17.9 Å². The van der Waals surface area contributed by atoms with Gasteiger partial charge in [0, 0.05) is 12.2 Å². The summed E-state index contributed by atoms with van der Waals surface area (Å²) in [5.41, 5.74) is 0.663. The minimum atomic E-state index is -3.49. The van der Waals surface area contributed by atoms with Gasteiger partial charge < -0.3 is 14.7 Å². The molecule has 1 atom stereocenters. The molecule has 110 valence electrons. The summed E-state index contributed by atoms with van der Waals surface area (Å²) in [6.07, 6.45) is 0. The van der Waals surface area contributed by atoms with Crippen LogP contribution in [0.2, 0.25) is 0 Å². The Labute approximate surface area is 117 Å². The molecule has 1 aliphatic heterocycles. The lowest BCUT2D eigenvalue weighted by Gasteiger charge is -2.34. The van der Waals surface area contributed by atoms with Gasteiger partial charge in [0.05, 0.1) is 18.1 Å². The first-order valence-corrected chi connectivity index (χ1v) is 7.55. The number of rotatable bonds is 4. The first kappa shape index (κ1) is 14.8. The molecule has 0 bridgehead atoms. The first-order chi connectivity index (χ1) is 9.45. The van der Waals surface area contributed by atoms with Crippen molar-refractivity contribution in [1.82, 2.24) is 4.72 Å². The molecule has 1 heterocycles. The second-order valence-electron chi connectivity index (χ2n) is 4.32. The lowest BCUT2D eigenvalue weighted by atomic mass is 10.2. The second kappa shape index (κ2) is 5.78. The van der Waals surface area contributed by atoms with Crippen LogP contribution in [0.15, 0.2) is 29.2 Å². The van der Waals surface area contributed by atoms with Crippen LogP contribution in [0.1, 0.15) is 0 Å². The van der Waals surface area contributed by atoms with E-state index in [2.05, 4.69) is 4.72 Å². The van der Waals surface area contributed by atoms with Crippen molar-refractivity contribution in [2.24, 2.45) is 0 Å². The van der Waals surface area contributed by atoms with Crippen LogP contribution in [0.4, 0.5) is 5.69 Å². The van der Waals surface area contributed by atoms with Crippen LogP contribution in [0.3, 0.4) is 0 Å². The highest BCUT2D eigenvalue weighted by molar-refractivity contribution is 7.89. The van der Waals surface area contributed by atoms with Gasteiger partial charge in [0.15, 0.2) is 6.04 Å². The van der Waals surface area contributed by atoms with Crippen molar-refractivity contribution >= 4 is 21.7 Å². The topological polar surface area (TPSA) is 95.9 Å². The molecule has 0 radical (unpaired) electrons. The van der Waals surface area contributed by atoms with Gasteiger partial charge in [-0.3, -0.25) is 0 Å². The molecule has 1 fully saturated rings. The zero-order chi connectivity index (χ0) is 14.8. The summed E-state index contributed by atoms with van der Waals surface area (Å²) < 4.78 is 30.6. The number of hydrogen-bond donors (Lipinski definition) is 2. The molecule has 1 unspecified atom stereocenters. The summed E-state index contributed by atoms with van der Waals surface area (Å²) in [5, 5.41) is 9.16. The third kappa shape index (κ3) is 2.92. The van der Waals surface area contributed by atoms with E-state index in [4.69, 9.17) is 9.84 Å². The molecule has 0 spiro atoms. The zero-order valence-corrected chi connectivity index (χ0v) is 11.8. The highest BCUT2D eigenvalue weighted by Gasteiger charge is 2.29. The van der Waals surface area contributed by atoms with E-state index in [0.29, 0.717) is 18.8 Å². The first-order valence-electron chi connectivity index (χ1n) is 6.06. The molecule has 7 nitrogen and oxygen atoms in total. The van der Waals surface area contributed by atoms with Crippen LogP contribution in [0.5, 0.6) is 0 Å². The lowest BCUT2D eigenvalue weighted by molar-refractivity contribution is -0.141. The smallest absolute Gasteiger partial charge is 0.328 e. The Balaban J connectivity index is 2.27. The summed E-state index contributed by atoms with van der Waals surface area (Å²) in [4.78, 5) is 13.0. The van der Waals surface area contributed by atoms with Crippen molar-refractivity contribution in [2.75, 3.05) is 31.7 Å². The van der Waals surface area contributed by atoms with Gasteiger partial charge in [-0.2, -0.15) is 0 Å². The number of nitrogens with one attached hydrogen (secondary N) is 1. The van der Waals surface area contributed by atoms with E-state index < -0.39 is 22.0 Å². The lowest BCUT2D eigenvalue weighted by Crippen LogP contribution is -2.50. The van der Waals surface area contributed by atoms with Crippen molar-refractivity contribution in [3.05, 3.63) is 24.3 Å². The van der Waals surface area contributed by atoms with Crippen molar-refractivity contribution in [2.45, 2.75) is 10.9 Å². The molecule has 1 aromatic rings. The molecule has 8 heteroatoms. The number of carboxylic acid groups (broad SMARTS) is 1. The molecule has 1 saturated heterocycles. The van der Waals surface area contributed by atoms with Crippen LogP contribution in [-0.4, -0.2) is 52.3 Å². The quantitative estimate of drug-likeness (QED) is 0.805. The summed E-state index contributed by atoms with van der Waals surface area (Å²) in [6, 6.07) is 5.36. The normalized spacial score (nSPS) is 19.9.